The highest BCUT2D eigenvalue weighted by atomic mass is 35.5. The molecule has 6 heteroatoms. The van der Waals surface area contributed by atoms with Gasteiger partial charge >= 0.3 is 0 Å². The van der Waals surface area contributed by atoms with E-state index in [9.17, 15) is 0 Å². The molecule has 1 fully saturated rings. The molecule has 0 aromatic carbocycles. The first-order chi connectivity index (χ1) is 9.63. The number of rotatable bonds is 3. The van der Waals surface area contributed by atoms with Crippen molar-refractivity contribution in [3.05, 3.63) is 17.5 Å². The van der Waals surface area contributed by atoms with Crippen molar-refractivity contribution in [2.24, 2.45) is 0 Å². The molecule has 1 aliphatic rings. The second-order valence-corrected chi connectivity index (χ2v) is 6.03. The summed E-state index contributed by atoms with van der Waals surface area (Å²) in [5, 5.41) is 4.82. The van der Waals surface area contributed by atoms with Gasteiger partial charge in [-0.3, -0.25) is 0 Å². The lowest BCUT2D eigenvalue weighted by Gasteiger charge is -2.33. The summed E-state index contributed by atoms with van der Waals surface area (Å²) in [6.07, 6.45) is 6.64. The molecule has 2 aromatic heterocycles. The molecule has 2 heterocycles. The molecule has 1 saturated carbocycles. The van der Waals surface area contributed by atoms with Crippen LogP contribution in [0.5, 0.6) is 0 Å². The van der Waals surface area contributed by atoms with Crippen LogP contribution in [0.1, 0.15) is 25.7 Å². The van der Waals surface area contributed by atoms with Crippen LogP contribution >= 0.6 is 11.6 Å². The monoisotopic (exact) mass is 293 g/mol. The maximum atomic E-state index is 5.97. The van der Waals surface area contributed by atoms with Gasteiger partial charge in [0.25, 0.3) is 0 Å². The van der Waals surface area contributed by atoms with E-state index in [2.05, 4.69) is 39.3 Å². The minimum atomic E-state index is 0.282. The van der Waals surface area contributed by atoms with Gasteiger partial charge in [0, 0.05) is 18.3 Å². The quantitative estimate of drug-likeness (QED) is 0.855. The summed E-state index contributed by atoms with van der Waals surface area (Å²) in [7, 11) is 4.32. The fourth-order valence-corrected chi connectivity index (χ4v) is 3.12. The number of H-pyrrole nitrogens is 1. The number of nitrogens with one attached hydrogen (secondary N) is 2. The molecular weight excluding hydrogens is 274 g/mol. The van der Waals surface area contributed by atoms with E-state index < -0.39 is 0 Å². The zero-order valence-electron chi connectivity index (χ0n) is 11.9. The summed E-state index contributed by atoms with van der Waals surface area (Å²) in [4.78, 5) is 13.9. The average molecular weight is 294 g/mol. The number of hydrogen-bond donors (Lipinski definition) is 2. The molecule has 3 rings (SSSR count). The largest absolute Gasteiger partial charge is 0.367 e. The highest BCUT2D eigenvalue weighted by Gasteiger charge is 2.23. The smallest absolute Gasteiger partial charge is 0.226 e. The van der Waals surface area contributed by atoms with Crippen LogP contribution in [0, 0.1) is 0 Å². The Balaban J connectivity index is 1.73. The van der Waals surface area contributed by atoms with E-state index in [4.69, 9.17) is 11.6 Å². The van der Waals surface area contributed by atoms with Crippen LogP contribution in [0.2, 0.25) is 5.28 Å². The predicted octanol–water partition coefficient (Wildman–Crippen LogP) is 2.90. The van der Waals surface area contributed by atoms with Crippen molar-refractivity contribution >= 4 is 28.5 Å². The number of aromatic amines is 1. The number of anilines is 1. The molecule has 2 N–H and O–H groups in total. The van der Waals surface area contributed by atoms with Crippen LogP contribution in [0.25, 0.3) is 11.0 Å². The van der Waals surface area contributed by atoms with Crippen LogP contribution < -0.4 is 5.32 Å². The Labute approximate surface area is 123 Å². The molecule has 0 saturated heterocycles. The van der Waals surface area contributed by atoms with Gasteiger partial charge in [-0.15, -0.1) is 0 Å². The second-order valence-electron chi connectivity index (χ2n) is 5.69. The molecule has 0 unspecified atom stereocenters. The number of hydrogen-bond acceptors (Lipinski definition) is 4. The summed E-state index contributed by atoms with van der Waals surface area (Å²) in [6.45, 7) is 0. The molecule has 0 bridgehead atoms. The molecule has 5 nitrogen and oxygen atoms in total. The van der Waals surface area contributed by atoms with E-state index in [1.54, 1.807) is 0 Å². The molecule has 0 amide bonds. The van der Waals surface area contributed by atoms with Crippen LogP contribution in [0.15, 0.2) is 12.3 Å². The van der Waals surface area contributed by atoms with Gasteiger partial charge in [0.2, 0.25) is 5.28 Å². The van der Waals surface area contributed by atoms with E-state index in [0.29, 0.717) is 12.1 Å². The third kappa shape index (κ3) is 2.74. The van der Waals surface area contributed by atoms with Crippen molar-refractivity contribution in [2.45, 2.75) is 37.8 Å². The molecule has 20 heavy (non-hydrogen) atoms. The Hall–Kier alpha value is -1.33. The Morgan fingerprint density at radius 3 is 2.70 bits per heavy atom. The molecule has 0 radical (unpaired) electrons. The van der Waals surface area contributed by atoms with Gasteiger partial charge in [0.1, 0.15) is 11.5 Å². The topological polar surface area (TPSA) is 56.8 Å². The molecule has 0 aliphatic heterocycles. The highest BCUT2D eigenvalue weighted by Crippen LogP contribution is 2.27. The SMILES string of the molecule is CN(C)[C@H]1CC[C@H](Nc2nc(Cl)nc3[nH]ccc23)CC1. The lowest BCUT2D eigenvalue weighted by Crippen LogP contribution is -2.36. The van der Waals surface area contributed by atoms with Crippen molar-refractivity contribution in [1.29, 1.82) is 0 Å². The fraction of sp³-hybridized carbons (Fsp3) is 0.571. The van der Waals surface area contributed by atoms with Gasteiger partial charge < -0.3 is 15.2 Å². The second kappa shape index (κ2) is 5.58. The molecular formula is C14H20ClN5. The van der Waals surface area contributed by atoms with E-state index in [1.165, 1.54) is 12.8 Å². The van der Waals surface area contributed by atoms with Gasteiger partial charge in [0.15, 0.2) is 0 Å². The van der Waals surface area contributed by atoms with Crippen molar-refractivity contribution in [2.75, 3.05) is 19.4 Å². The molecule has 1 aliphatic carbocycles. The predicted molar refractivity (Wildman–Crippen MR) is 82.3 cm³/mol. The zero-order valence-corrected chi connectivity index (χ0v) is 12.6. The van der Waals surface area contributed by atoms with E-state index in [-0.39, 0.29) is 5.28 Å². The number of fused-ring (bicyclic) bond motifs is 1. The van der Waals surface area contributed by atoms with Gasteiger partial charge in [0.05, 0.1) is 5.39 Å². The van der Waals surface area contributed by atoms with E-state index >= 15 is 0 Å². The summed E-state index contributed by atoms with van der Waals surface area (Å²) >= 11 is 5.97. The standard InChI is InChI=1S/C14H20ClN5/c1-20(2)10-5-3-9(4-6-10)17-13-11-7-8-16-12(11)18-14(15)19-13/h7-10H,3-6H2,1-2H3,(H2,16,17,18,19)/t9-,10-. The summed E-state index contributed by atoms with van der Waals surface area (Å²) < 4.78 is 0. The zero-order chi connectivity index (χ0) is 14.1. The number of aromatic nitrogens is 3. The number of halogens is 1. The average Bonchev–Trinajstić information content (AvgIpc) is 2.87. The fourth-order valence-electron chi connectivity index (χ4n) is 2.95. The van der Waals surface area contributed by atoms with Crippen LogP contribution in [0.4, 0.5) is 5.82 Å². The maximum Gasteiger partial charge on any atom is 0.226 e. The lowest BCUT2D eigenvalue weighted by atomic mass is 9.90. The van der Waals surface area contributed by atoms with Gasteiger partial charge in [-0.2, -0.15) is 4.98 Å². The molecule has 0 atom stereocenters. The van der Waals surface area contributed by atoms with Crippen molar-refractivity contribution in [3.8, 4) is 0 Å². The van der Waals surface area contributed by atoms with Gasteiger partial charge in [-0.05, 0) is 57.4 Å². The summed E-state index contributed by atoms with van der Waals surface area (Å²) in [6, 6.07) is 3.16. The molecule has 2 aromatic rings. The summed E-state index contributed by atoms with van der Waals surface area (Å²) in [5.41, 5.74) is 0.787. The Bertz CT molecular complexity index is 586. The first-order valence-corrected chi connectivity index (χ1v) is 7.45. The first kappa shape index (κ1) is 13.6. The minimum Gasteiger partial charge on any atom is -0.367 e. The van der Waals surface area contributed by atoms with Crippen LogP contribution in [-0.2, 0) is 0 Å². The first-order valence-electron chi connectivity index (χ1n) is 7.07. The third-order valence-corrected chi connectivity index (χ3v) is 4.33. The van der Waals surface area contributed by atoms with Crippen molar-refractivity contribution in [1.82, 2.24) is 19.9 Å². The van der Waals surface area contributed by atoms with Gasteiger partial charge in [-0.25, -0.2) is 4.98 Å². The number of nitrogens with zero attached hydrogens (tertiary/aromatic N) is 3. The highest BCUT2D eigenvalue weighted by molar-refractivity contribution is 6.28. The Kier molecular flexibility index (Phi) is 3.81. The molecule has 0 spiro atoms. The maximum absolute atomic E-state index is 5.97. The van der Waals surface area contributed by atoms with Gasteiger partial charge in [-0.1, -0.05) is 0 Å². The van der Waals surface area contributed by atoms with E-state index in [0.717, 1.165) is 29.7 Å². The Morgan fingerprint density at radius 1 is 1.25 bits per heavy atom. The third-order valence-electron chi connectivity index (χ3n) is 4.16. The van der Waals surface area contributed by atoms with Crippen LogP contribution in [-0.4, -0.2) is 46.0 Å². The van der Waals surface area contributed by atoms with E-state index in [1.807, 2.05) is 12.3 Å². The van der Waals surface area contributed by atoms with Crippen molar-refractivity contribution < 1.29 is 0 Å². The van der Waals surface area contributed by atoms with Crippen LogP contribution in [0.3, 0.4) is 0 Å². The minimum absolute atomic E-state index is 0.282. The van der Waals surface area contributed by atoms with Crippen molar-refractivity contribution in [3.63, 3.8) is 0 Å². The summed E-state index contributed by atoms with van der Waals surface area (Å²) in [5.74, 6) is 0.842. The Morgan fingerprint density at radius 2 is 2.00 bits per heavy atom. The normalized spacial score (nSPS) is 23.4. The molecule has 108 valence electrons. The lowest BCUT2D eigenvalue weighted by molar-refractivity contribution is 0.221.